The van der Waals surface area contributed by atoms with Gasteiger partial charge in [-0.05, 0) is 18.6 Å². The number of hydrogen-bond acceptors (Lipinski definition) is 3. The Bertz CT molecular complexity index is 409. The van der Waals surface area contributed by atoms with Crippen LogP contribution in [0.5, 0.6) is 5.75 Å². The zero-order chi connectivity index (χ0) is 13.4. The van der Waals surface area contributed by atoms with Gasteiger partial charge in [-0.1, -0.05) is 13.3 Å². The Morgan fingerprint density at radius 1 is 1.50 bits per heavy atom. The van der Waals surface area contributed by atoms with E-state index in [1.54, 1.807) is 12.1 Å². The van der Waals surface area contributed by atoms with Crippen molar-refractivity contribution in [1.82, 2.24) is 5.43 Å². The molecule has 0 saturated carbocycles. The molecule has 0 atom stereocenters. The van der Waals surface area contributed by atoms with Crippen LogP contribution in [0.25, 0.3) is 0 Å². The Morgan fingerprint density at radius 2 is 2.28 bits per heavy atom. The molecular formula is C12H19FN4O. The largest absolute Gasteiger partial charge is 0.497 e. The molecule has 1 aromatic carbocycles. The first kappa shape index (κ1) is 14.2. The number of halogens is 1. The molecule has 0 spiro atoms. The lowest BCUT2D eigenvalue weighted by atomic mass is 10.3. The quantitative estimate of drug-likeness (QED) is 0.246. The van der Waals surface area contributed by atoms with Crippen molar-refractivity contribution in [3.05, 3.63) is 24.0 Å². The number of methoxy groups -OCH3 is 1. The third-order valence-electron chi connectivity index (χ3n) is 2.34. The molecule has 5 nitrogen and oxygen atoms in total. The summed E-state index contributed by atoms with van der Waals surface area (Å²) in [4.78, 5) is 4.19. The van der Waals surface area contributed by atoms with Crippen LogP contribution < -0.4 is 21.3 Å². The van der Waals surface area contributed by atoms with E-state index in [2.05, 4.69) is 22.7 Å². The summed E-state index contributed by atoms with van der Waals surface area (Å²) >= 11 is 0. The minimum absolute atomic E-state index is 0.266. The van der Waals surface area contributed by atoms with E-state index >= 15 is 0 Å². The van der Waals surface area contributed by atoms with E-state index in [1.165, 1.54) is 13.2 Å². The molecule has 0 aliphatic rings. The van der Waals surface area contributed by atoms with Crippen LogP contribution in [0.1, 0.15) is 19.8 Å². The molecule has 100 valence electrons. The number of hydrogen-bond donors (Lipinski definition) is 3. The summed E-state index contributed by atoms with van der Waals surface area (Å²) in [6.45, 7) is 2.70. The number of aliphatic imine (C=N–C) groups is 1. The van der Waals surface area contributed by atoms with Gasteiger partial charge in [-0.2, -0.15) is 0 Å². The summed E-state index contributed by atoms with van der Waals surface area (Å²) in [5.41, 5.74) is 2.67. The van der Waals surface area contributed by atoms with Crippen LogP contribution in [0.3, 0.4) is 0 Å². The van der Waals surface area contributed by atoms with Gasteiger partial charge < -0.3 is 10.1 Å². The van der Waals surface area contributed by atoms with Crippen LogP contribution in [0.15, 0.2) is 23.2 Å². The first-order chi connectivity index (χ1) is 8.71. The van der Waals surface area contributed by atoms with Crippen molar-refractivity contribution in [2.75, 3.05) is 19.0 Å². The SMILES string of the molecule is CCCCN=C(NN)Nc1cc(OC)ccc1F. The third kappa shape index (κ3) is 4.21. The van der Waals surface area contributed by atoms with Crippen molar-refractivity contribution < 1.29 is 9.13 Å². The van der Waals surface area contributed by atoms with Crippen molar-refractivity contribution in [3.63, 3.8) is 0 Å². The number of benzene rings is 1. The van der Waals surface area contributed by atoms with Crippen LogP contribution in [-0.2, 0) is 0 Å². The summed E-state index contributed by atoms with van der Waals surface area (Å²) in [6, 6.07) is 4.41. The van der Waals surface area contributed by atoms with Gasteiger partial charge in [0.1, 0.15) is 11.6 Å². The number of guanidine groups is 1. The van der Waals surface area contributed by atoms with Gasteiger partial charge >= 0.3 is 0 Å². The molecule has 0 fully saturated rings. The first-order valence-electron chi connectivity index (χ1n) is 5.83. The van der Waals surface area contributed by atoms with Gasteiger partial charge in [0.05, 0.1) is 12.8 Å². The summed E-state index contributed by atoms with van der Waals surface area (Å²) in [7, 11) is 1.52. The van der Waals surface area contributed by atoms with Crippen molar-refractivity contribution >= 4 is 11.6 Å². The Balaban J connectivity index is 2.77. The second-order valence-electron chi connectivity index (χ2n) is 3.70. The van der Waals surface area contributed by atoms with Gasteiger partial charge in [0.2, 0.25) is 5.96 Å². The average molecular weight is 254 g/mol. The molecule has 0 radical (unpaired) electrons. The molecular weight excluding hydrogens is 235 g/mol. The maximum Gasteiger partial charge on any atom is 0.210 e. The lowest BCUT2D eigenvalue weighted by molar-refractivity contribution is 0.414. The monoisotopic (exact) mass is 254 g/mol. The number of nitrogens with one attached hydrogen (secondary N) is 2. The molecule has 4 N–H and O–H groups in total. The highest BCUT2D eigenvalue weighted by Gasteiger charge is 2.06. The summed E-state index contributed by atoms with van der Waals surface area (Å²) in [5, 5.41) is 2.79. The van der Waals surface area contributed by atoms with Crippen molar-refractivity contribution in [3.8, 4) is 5.75 Å². The molecule has 0 amide bonds. The number of unbranched alkanes of at least 4 members (excludes halogenated alkanes) is 1. The zero-order valence-corrected chi connectivity index (χ0v) is 10.7. The second kappa shape index (κ2) is 7.50. The van der Waals surface area contributed by atoms with Crippen molar-refractivity contribution in [1.29, 1.82) is 0 Å². The van der Waals surface area contributed by atoms with Crippen LogP contribution in [0.2, 0.25) is 0 Å². The Labute approximate surface area is 106 Å². The van der Waals surface area contributed by atoms with Gasteiger partial charge in [0.25, 0.3) is 0 Å². The van der Waals surface area contributed by atoms with E-state index in [-0.39, 0.29) is 5.69 Å². The fourth-order valence-electron chi connectivity index (χ4n) is 1.32. The van der Waals surface area contributed by atoms with Gasteiger partial charge in [-0.15, -0.1) is 0 Å². The molecule has 0 saturated heterocycles. The Morgan fingerprint density at radius 3 is 2.89 bits per heavy atom. The van der Waals surface area contributed by atoms with E-state index < -0.39 is 5.82 Å². The van der Waals surface area contributed by atoms with E-state index in [9.17, 15) is 4.39 Å². The van der Waals surface area contributed by atoms with Gasteiger partial charge in [-0.3, -0.25) is 10.4 Å². The molecule has 6 heteroatoms. The van der Waals surface area contributed by atoms with Crippen LogP contribution in [0, 0.1) is 5.82 Å². The topological polar surface area (TPSA) is 71.7 Å². The molecule has 1 aromatic rings. The number of rotatable bonds is 5. The molecule has 18 heavy (non-hydrogen) atoms. The normalized spacial score (nSPS) is 11.2. The number of nitrogens with two attached hydrogens (primary N) is 1. The molecule has 0 aliphatic carbocycles. The summed E-state index contributed by atoms with van der Waals surface area (Å²) < 4.78 is 18.6. The van der Waals surface area contributed by atoms with E-state index in [4.69, 9.17) is 10.6 Å². The minimum atomic E-state index is -0.394. The smallest absolute Gasteiger partial charge is 0.210 e. The molecule has 0 aliphatic heterocycles. The number of nitrogens with zero attached hydrogens (tertiary/aromatic N) is 1. The lowest BCUT2D eigenvalue weighted by Crippen LogP contribution is -2.36. The number of ether oxygens (including phenoxy) is 1. The summed E-state index contributed by atoms with van der Waals surface area (Å²) in [5.74, 6) is 5.82. The van der Waals surface area contributed by atoms with Crippen LogP contribution in [0.4, 0.5) is 10.1 Å². The molecule has 0 bridgehead atoms. The van der Waals surface area contributed by atoms with E-state index in [1.807, 2.05) is 0 Å². The standard InChI is InChI=1S/C12H19FN4O/c1-3-4-7-15-12(17-14)16-11-8-9(18-2)5-6-10(11)13/h5-6,8H,3-4,7,14H2,1-2H3,(H2,15,16,17). The fourth-order valence-corrected chi connectivity index (χ4v) is 1.32. The lowest BCUT2D eigenvalue weighted by Gasteiger charge is -2.11. The van der Waals surface area contributed by atoms with E-state index in [0.717, 1.165) is 12.8 Å². The van der Waals surface area contributed by atoms with Crippen molar-refractivity contribution in [2.45, 2.75) is 19.8 Å². The van der Waals surface area contributed by atoms with Gasteiger partial charge in [-0.25, -0.2) is 10.2 Å². The van der Waals surface area contributed by atoms with Gasteiger partial charge in [0, 0.05) is 12.6 Å². The summed E-state index contributed by atoms with van der Waals surface area (Å²) in [6.07, 6.45) is 1.99. The van der Waals surface area contributed by atoms with Crippen molar-refractivity contribution in [2.24, 2.45) is 10.8 Å². The van der Waals surface area contributed by atoms with Crippen LogP contribution >= 0.6 is 0 Å². The Hall–Kier alpha value is -1.82. The molecule has 0 unspecified atom stereocenters. The second-order valence-corrected chi connectivity index (χ2v) is 3.70. The average Bonchev–Trinajstić information content (AvgIpc) is 2.40. The predicted octanol–water partition coefficient (Wildman–Crippen LogP) is 1.87. The number of hydrazine groups is 1. The molecule has 0 heterocycles. The maximum absolute atomic E-state index is 13.5. The highest BCUT2D eigenvalue weighted by atomic mass is 19.1. The van der Waals surface area contributed by atoms with E-state index in [0.29, 0.717) is 18.3 Å². The van der Waals surface area contributed by atoms with Crippen LogP contribution in [-0.4, -0.2) is 19.6 Å². The minimum Gasteiger partial charge on any atom is -0.497 e. The fraction of sp³-hybridized carbons (Fsp3) is 0.417. The maximum atomic E-state index is 13.5. The highest BCUT2D eigenvalue weighted by molar-refractivity contribution is 5.93. The highest BCUT2D eigenvalue weighted by Crippen LogP contribution is 2.20. The zero-order valence-electron chi connectivity index (χ0n) is 10.7. The predicted molar refractivity (Wildman–Crippen MR) is 71.1 cm³/mol. The Kier molecular flexibility index (Phi) is 5.93. The third-order valence-corrected chi connectivity index (χ3v) is 2.34. The number of anilines is 1. The molecule has 0 aromatic heterocycles. The van der Waals surface area contributed by atoms with Gasteiger partial charge in [0.15, 0.2) is 0 Å². The molecule has 1 rings (SSSR count). The first-order valence-corrected chi connectivity index (χ1v) is 5.83.